The van der Waals surface area contributed by atoms with E-state index in [1.165, 1.54) is 15.9 Å². The van der Waals surface area contributed by atoms with Gasteiger partial charge in [0.05, 0.1) is 12.1 Å². The second-order valence-corrected chi connectivity index (χ2v) is 12.7. The molecule has 2 saturated heterocycles. The molecule has 3 aliphatic rings. The topological polar surface area (TPSA) is 188 Å². The molecule has 49 heavy (non-hydrogen) atoms. The molecule has 5 rings (SSSR count). The highest BCUT2D eigenvalue weighted by Gasteiger charge is 2.36. The van der Waals surface area contributed by atoms with Crippen molar-refractivity contribution in [3.8, 4) is 5.75 Å². The molecule has 2 aromatic rings. The summed E-state index contributed by atoms with van der Waals surface area (Å²) in [5, 5.41) is 15.6. The number of aryl methyl sites for hydroxylation is 1. The zero-order valence-electron chi connectivity index (χ0n) is 27.9. The Labute approximate surface area is 284 Å². The second-order valence-electron chi connectivity index (χ2n) is 12.7. The molecule has 264 valence electrons. The minimum absolute atomic E-state index is 0.0836. The number of nitrogens with one attached hydrogen (secondary N) is 2. The lowest BCUT2D eigenvalue weighted by Crippen LogP contribution is -2.56. The zero-order chi connectivity index (χ0) is 35.1. The van der Waals surface area contributed by atoms with Crippen LogP contribution in [-0.2, 0) is 23.9 Å². The second kappa shape index (κ2) is 16.0. The lowest BCUT2D eigenvalue weighted by molar-refractivity contribution is -0.140. The van der Waals surface area contributed by atoms with Crippen molar-refractivity contribution in [1.82, 2.24) is 30.3 Å². The van der Waals surface area contributed by atoms with E-state index >= 15 is 0 Å². The van der Waals surface area contributed by atoms with Gasteiger partial charge in [-0.3, -0.25) is 24.0 Å². The number of amides is 5. The molecule has 2 unspecified atom stereocenters. The fraction of sp³-hybridized carbons (Fsp3) is 0.559. The van der Waals surface area contributed by atoms with Crippen LogP contribution in [0.2, 0.25) is 0 Å². The van der Waals surface area contributed by atoms with Crippen molar-refractivity contribution in [2.75, 3.05) is 45.9 Å². The van der Waals surface area contributed by atoms with Crippen LogP contribution in [0.4, 0.5) is 4.79 Å². The third-order valence-electron chi connectivity index (χ3n) is 9.21. The molecule has 3 N–H and O–H groups in total. The normalized spacial score (nSPS) is 18.4. The molecule has 3 fully saturated rings. The number of pyridine rings is 1. The number of piperazine rings is 1. The average molecular weight is 681 g/mol. The quantitative estimate of drug-likeness (QED) is 0.299. The highest BCUT2D eigenvalue weighted by atomic mass is 16.6. The maximum absolute atomic E-state index is 13.6. The molecule has 5 amide bonds. The molecule has 2 atom stereocenters. The van der Waals surface area contributed by atoms with Crippen molar-refractivity contribution in [2.45, 2.75) is 76.9 Å². The number of carboxylic acids is 1. The average Bonchev–Trinajstić information content (AvgIpc) is 3.57. The van der Waals surface area contributed by atoms with Gasteiger partial charge in [0, 0.05) is 56.6 Å². The summed E-state index contributed by atoms with van der Waals surface area (Å²) in [4.78, 5) is 85.9. The summed E-state index contributed by atoms with van der Waals surface area (Å²) in [6.45, 7) is 4.73. The first-order chi connectivity index (χ1) is 23.5. The molecule has 1 aromatic heterocycles. The Bertz CT molecular complexity index is 1590. The highest BCUT2D eigenvalue weighted by molar-refractivity contribution is 5.99. The van der Waals surface area contributed by atoms with Gasteiger partial charge in [-0.1, -0.05) is 6.07 Å². The first-order valence-electron chi connectivity index (χ1n) is 16.9. The van der Waals surface area contributed by atoms with Crippen LogP contribution in [0.3, 0.4) is 0 Å². The summed E-state index contributed by atoms with van der Waals surface area (Å²) >= 11 is 0. The minimum Gasteiger partial charge on any atom is -0.483 e. The number of nitrogens with zero attached hydrogens (tertiary/aromatic N) is 4. The van der Waals surface area contributed by atoms with Crippen molar-refractivity contribution in [3.63, 3.8) is 0 Å². The smallest absolute Gasteiger partial charge is 0.409 e. The third kappa shape index (κ3) is 8.75. The van der Waals surface area contributed by atoms with E-state index in [0.29, 0.717) is 30.3 Å². The predicted molar refractivity (Wildman–Crippen MR) is 176 cm³/mol. The number of carboxylic acid groups (broad SMARTS) is 1. The van der Waals surface area contributed by atoms with E-state index in [1.54, 1.807) is 24.0 Å². The number of aliphatic carboxylic acids is 1. The Kier molecular flexibility index (Phi) is 11.5. The number of benzene rings is 1. The Morgan fingerprint density at radius 3 is 2.39 bits per heavy atom. The Morgan fingerprint density at radius 1 is 0.980 bits per heavy atom. The first kappa shape index (κ1) is 35.4. The number of ether oxygens (including phenoxy) is 2. The van der Waals surface area contributed by atoms with Crippen molar-refractivity contribution in [1.29, 1.82) is 0 Å². The summed E-state index contributed by atoms with van der Waals surface area (Å²) in [7, 11) is 0. The molecule has 1 aromatic carbocycles. The van der Waals surface area contributed by atoms with E-state index in [1.807, 2.05) is 13.0 Å². The Hall–Kier alpha value is -4.95. The third-order valence-corrected chi connectivity index (χ3v) is 9.21. The number of aromatic nitrogens is 1. The number of carbonyl (C=O) groups excluding carboxylic acids is 5. The van der Waals surface area contributed by atoms with Gasteiger partial charge in [0.1, 0.15) is 23.5 Å². The molecular formula is C34H44N6O9. The molecule has 0 radical (unpaired) electrons. The van der Waals surface area contributed by atoms with Crippen LogP contribution in [0.1, 0.15) is 67.9 Å². The van der Waals surface area contributed by atoms with E-state index in [4.69, 9.17) is 9.47 Å². The fourth-order valence-corrected chi connectivity index (χ4v) is 6.25. The van der Waals surface area contributed by atoms with Crippen LogP contribution >= 0.6 is 0 Å². The van der Waals surface area contributed by atoms with Gasteiger partial charge in [-0.25, -0.2) is 9.78 Å². The van der Waals surface area contributed by atoms with E-state index < -0.39 is 36.0 Å². The van der Waals surface area contributed by atoms with Gasteiger partial charge in [-0.2, -0.15) is 0 Å². The largest absolute Gasteiger partial charge is 0.483 e. The predicted octanol–water partition coefficient (Wildman–Crippen LogP) is 1.85. The van der Waals surface area contributed by atoms with E-state index in [0.717, 1.165) is 24.8 Å². The lowest BCUT2D eigenvalue weighted by atomic mass is 9.93. The molecule has 0 spiro atoms. The van der Waals surface area contributed by atoms with E-state index in [-0.39, 0.29) is 81.5 Å². The van der Waals surface area contributed by atoms with Crippen LogP contribution in [0.25, 0.3) is 10.9 Å². The highest BCUT2D eigenvalue weighted by Crippen LogP contribution is 2.28. The molecule has 15 heteroatoms. The standard InChI is InChI=1S/C34H44N6O9/c1-3-48-34(47)39-16-14-38(15-17-39)33(46)24(11-12-30(42)43)37-31(44)26-19-28(23-10-9-21(2)18-25(23)36-26)49-20-29(41)40-13-5-8-27(40)32(45)35-22-6-4-7-22/h9-10,18-19,22,24,27H,3-8,11-17,20H2,1-2H3,(H,35,45)(H,37,44)(H,42,43). The molecule has 15 nitrogen and oxygen atoms in total. The van der Waals surface area contributed by atoms with Crippen molar-refractivity contribution in [2.24, 2.45) is 0 Å². The van der Waals surface area contributed by atoms with E-state index in [2.05, 4.69) is 15.6 Å². The minimum atomic E-state index is -1.17. The van der Waals surface area contributed by atoms with Crippen LogP contribution in [0.15, 0.2) is 24.3 Å². The van der Waals surface area contributed by atoms with Crippen molar-refractivity contribution in [3.05, 3.63) is 35.5 Å². The van der Waals surface area contributed by atoms with E-state index in [9.17, 15) is 33.9 Å². The molecule has 3 heterocycles. The Balaban J connectivity index is 1.29. The first-order valence-corrected chi connectivity index (χ1v) is 16.9. The van der Waals surface area contributed by atoms with Crippen LogP contribution in [0, 0.1) is 6.92 Å². The SMILES string of the molecule is CCOC(=O)N1CCN(C(=O)C(CCC(=O)O)NC(=O)c2cc(OCC(=O)N3CCCC3C(=O)NC3CCC3)c3ccc(C)cc3n2)CC1. The number of fused-ring (bicyclic) bond motifs is 1. The van der Waals surface area contributed by atoms with Crippen LogP contribution in [0.5, 0.6) is 5.75 Å². The molecule has 1 saturated carbocycles. The monoisotopic (exact) mass is 680 g/mol. The summed E-state index contributed by atoms with van der Waals surface area (Å²) in [5.41, 5.74) is 1.21. The number of hydrogen-bond donors (Lipinski definition) is 3. The fourth-order valence-electron chi connectivity index (χ4n) is 6.25. The number of likely N-dealkylation sites (tertiary alicyclic amines) is 1. The maximum Gasteiger partial charge on any atom is 0.409 e. The number of hydrogen-bond acceptors (Lipinski definition) is 9. The van der Waals surface area contributed by atoms with Gasteiger partial charge in [0.2, 0.25) is 11.8 Å². The summed E-state index contributed by atoms with van der Waals surface area (Å²) in [5.74, 6) is -2.59. The molecule has 1 aliphatic carbocycles. The van der Waals surface area contributed by atoms with Gasteiger partial charge in [0.25, 0.3) is 11.8 Å². The maximum atomic E-state index is 13.6. The van der Waals surface area contributed by atoms with Gasteiger partial charge >= 0.3 is 12.1 Å². The Morgan fingerprint density at radius 2 is 1.71 bits per heavy atom. The van der Waals surface area contributed by atoms with Crippen molar-refractivity contribution < 1.29 is 43.3 Å². The van der Waals surface area contributed by atoms with Crippen molar-refractivity contribution >= 4 is 46.6 Å². The van der Waals surface area contributed by atoms with Gasteiger partial charge < -0.3 is 39.9 Å². The van der Waals surface area contributed by atoms with Gasteiger partial charge in [-0.15, -0.1) is 0 Å². The summed E-state index contributed by atoms with van der Waals surface area (Å²) < 4.78 is 11.0. The van der Waals surface area contributed by atoms with Gasteiger partial charge in [0.15, 0.2) is 6.61 Å². The zero-order valence-corrected chi connectivity index (χ0v) is 27.9. The van der Waals surface area contributed by atoms with Crippen LogP contribution < -0.4 is 15.4 Å². The van der Waals surface area contributed by atoms with Crippen LogP contribution in [-0.4, -0.2) is 125 Å². The lowest BCUT2D eigenvalue weighted by Gasteiger charge is -2.35. The summed E-state index contributed by atoms with van der Waals surface area (Å²) in [6, 6.07) is 5.22. The molecule has 2 aliphatic heterocycles. The molecule has 0 bridgehead atoms. The van der Waals surface area contributed by atoms with Gasteiger partial charge in [-0.05, 0) is 70.1 Å². The number of rotatable bonds is 12. The summed E-state index contributed by atoms with van der Waals surface area (Å²) in [6.07, 6.45) is 3.27. The molecular weight excluding hydrogens is 636 g/mol. The number of carbonyl (C=O) groups is 6.